The monoisotopic (exact) mass is 400 g/mol. The van der Waals surface area contributed by atoms with Gasteiger partial charge in [0.1, 0.15) is 6.61 Å². The molecule has 7 nitrogen and oxygen atoms in total. The fourth-order valence-electron chi connectivity index (χ4n) is 3.65. The zero-order valence-corrected chi connectivity index (χ0v) is 17.0. The first kappa shape index (κ1) is 21.1. The number of hydrogen-bond donors (Lipinski definition) is 1. The Kier molecular flexibility index (Phi) is 6.71. The van der Waals surface area contributed by atoms with Crippen LogP contribution in [0.5, 0.6) is 5.75 Å². The molecule has 1 amide bonds. The summed E-state index contributed by atoms with van der Waals surface area (Å²) in [6.07, 6.45) is 2.94. The molecule has 156 valence electrons. The molecule has 1 N–H and O–H groups in total. The number of aryl methyl sites for hydroxylation is 1. The van der Waals surface area contributed by atoms with Crippen LogP contribution < -0.4 is 10.2 Å². The molecule has 0 unspecified atom stereocenters. The van der Waals surface area contributed by atoms with Gasteiger partial charge in [-0.2, -0.15) is 0 Å². The van der Waals surface area contributed by atoms with Crippen molar-refractivity contribution in [3.05, 3.63) is 64.1 Å². The molecule has 29 heavy (non-hydrogen) atoms. The molecule has 1 saturated heterocycles. The topological polar surface area (TPSA) is 81.0 Å². The van der Waals surface area contributed by atoms with Gasteiger partial charge in [-0.25, -0.2) is 0 Å². The predicted molar refractivity (Wildman–Crippen MR) is 109 cm³/mol. The first-order valence-corrected chi connectivity index (χ1v) is 9.76. The van der Waals surface area contributed by atoms with E-state index in [1.54, 1.807) is 29.8 Å². The van der Waals surface area contributed by atoms with Gasteiger partial charge in [0.15, 0.2) is 11.4 Å². The van der Waals surface area contributed by atoms with Gasteiger partial charge in [0.05, 0.1) is 6.61 Å². The van der Waals surface area contributed by atoms with Gasteiger partial charge in [-0.1, -0.05) is 30.3 Å². The number of nitrogens with zero attached hydrogens (tertiary/aromatic N) is 2. The van der Waals surface area contributed by atoms with Gasteiger partial charge >= 0.3 is 0 Å². The van der Waals surface area contributed by atoms with Crippen LogP contribution in [0.2, 0.25) is 0 Å². The van der Waals surface area contributed by atoms with E-state index >= 15 is 0 Å². The number of aromatic nitrogens is 1. The van der Waals surface area contributed by atoms with Crippen LogP contribution in [0.1, 0.15) is 28.9 Å². The summed E-state index contributed by atoms with van der Waals surface area (Å²) in [4.78, 5) is 27.3. The number of benzene rings is 1. The van der Waals surface area contributed by atoms with Gasteiger partial charge in [-0.05, 0) is 18.4 Å². The summed E-state index contributed by atoms with van der Waals surface area (Å²) < 4.78 is 12.8. The van der Waals surface area contributed by atoms with E-state index in [2.05, 4.69) is 0 Å². The molecular weight excluding hydrogens is 372 g/mol. The average molecular weight is 400 g/mol. The number of hydrogen-bond acceptors (Lipinski definition) is 5. The normalized spacial score (nSPS) is 15.7. The highest BCUT2D eigenvalue weighted by atomic mass is 16.5. The minimum atomic E-state index is -0.388. The van der Waals surface area contributed by atoms with Gasteiger partial charge in [-0.3, -0.25) is 9.59 Å². The van der Waals surface area contributed by atoms with Crippen molar-refractivity contribution in [2.75, 3.05) is 33.4 Å². The number of carbonyl (C=O) groups excluding carboxylic acids is 1. The SMILES string of the molecule is CN(CC1(CO)CCOCC1)C(=O)c1c(OCc2ccccc2)c(=O)ccn1C. The van der Waals surface area contributed by atoms with Gasteiger partial charge < -0.3 is 24.0 Å². The number of aliphatic hydroxyl groups is 1. The molecule has 1 aromatic heterocycles. The first-order valence-electron chi connectivity index (χ1n) is 9.76. The van der Waals surface area contributed by atoms with Crippen molar-refractivity contribution < 1.29 is 19.4 Å². The van der Waals surface area contributed by atoms with Crippen molar-refractivity contribution in [1.82, 2.24) is 9.47 Å². The molecule has 1 fully saturated rings. The molecule has 0 saturated carbocycles. The van der Waals surface area contributed by atoms with Crippen LogP contribution in [0, 0.1) is 5.41 Å². The van der Waals surface area contributed by atoms with Crippen molar-refractivity contribution in [1.29, 1.82) is 0 Å². The number of ether oxygens (including phenoxy) is 2. The molecule has 1 aromatic carbocycles. The molecule has 2 aromatic rings. The first-order chi connectivity index (χ1) is 14.0. The number of amides is 1. The lowest BCUT2D eigenvalue weighted by molar-refractivity contribution is -0.0284. The highest BCUT2D eigenvalue weighted by Crippen LogP contribution is 2.31. The van der Waals surface area contributed by atoms with Crippen LogP contribution in [-0.4, -0.2) is 53.9 Å². The molecular formula is C22H28N2O5. The zero-order chi connectivity index (χ0) is 20.9. The van der Waals surface area contributed by atoms with Crippen LogP contribution >= 0.6 is 0 Å². The summed E-state index contributed by atoms with van der Waals surface area (Å²) in [5.41, 5.74) is 0.392. The Morgan fingerprint density at radius 3 is 2.59 bits per heavy atom. The Labute approximate surface area is 170 Å². The van der Waals surface area contributed by atoms with Crippen molar-refractivity contribution in [2.45, 2.75) is 19.4 Å². The number of aliphatic hydroxyl groups excluding tert-OH is 1. The zero-order valence-electron chi connectivity index (χ0n) is 17.0. The van der Waals surface area contributed by atoms with E-state index in [-0.39, 0.29) is 41.4 Å². The Balaban J connectivity index is 1.83. The van der Waals surface area contributed by atoms with E-state index in [1.807, 2.05) is 30.3 Å². The van der Waals surface area contributed by atoms with Crippen molar-refractivity contribution in [3.63, 3.8) is 0 Å². The highest BCUT2D eigenvalue weighted by Gasteiger charge is 2.35. The minimum Gasteiger partial charge on any atom is -0.483 e. The summed E-state index contributed by atoms with van der Waals surface area (Å²) >= 11 is 0. The number of carbonyl (C=O) groups is 1. The second kappa shape index (κ2) is 9.24. The molecule has 3 rings (SSSR count). The van der Waals surface area contributed by atoms with Crippen LogP contribution in [0.3, 0.4) is 0 Å². The highest BCUT2D eigenvalue weighted by molar-refractivity contribution is 5.95. The molecule has 1 aliphatic heterocycles. The minimum absolute atomic E-state index is 0.0148. The third-order valence-corrected chi connectivity index (χ3v) is 5.48. The van der Waals surface area contributed by atoms with Gasteiger partial charge in [-0.15, -0.1) is 0 Å². The van der Waals surface area contributed by atoms with E-state index in [4.69, 9.17) is 9.47 Å². The smallest absolute Gasteiger partial charge is 0.274 e. The van der Waals surface area contributed by atoms with Crippen LogP contribution in [-0.2, 0) is 18.4 Å². The molecule has 0 radical (unpaired) electrons. The fraction of sp³-hybridized carbons (Fsp3) is 0.455. The second-order valence-corrected chi connectivity index (χ2v) is 7.67. The summed E-state index contributed by atoms with van der Waals surface area (Å²) in [5.74, 6) is -0.270. The van der Waals surface area contributed by atoms with E-state index < -0.39 is 0 Å². The van der Waals surface area contributed by atoms with Crippen LogP contribution in [0.4, 0.5) is 0 Å². The lowest BCUT2D eigenvalue weighted by Crippen LogP contribution is -2.45. The Morgan fingerprint density at radius 1 is 1.24 bits per heavy atom. The number of rotatable bonds is 7. The van der Waals surface area contributed by atoms with Crippen molar-refractivity contribution in [3.8, 4) is 5.75 Å². The molecule has 7 heteroatoms. The van der Waals surface area contributed by atoms with Gasteiger partial charge in [0.25, 0.3) is 5.91 Å². The lowest BCUT2D eigenvalue weighted by atomic mass is 9.80. The van der Waals surface area contributed by atoms with Crippen LogP contribution in [0.25, 0.3) is 0 Å². The summed E-state index contributed by atoms with van der Waals surface area (Å²) in [6.45, 7) is 1.70. The molecule has 0 spiro atoms. The van der Waals surface area contributed by atoms with E-state index in [0.717, 1.165) is 5.56 Å². The number of pyridine rings is 1. The largest absolute Gasteiger partial charge is 0.483 e. The standard InChI is InChI=1S/C22H28N2O5/c1-23-11-8-18(26)20(29-14-17-6-4-3-5-7-17)19(23)21(27)24(2)15-22(16-25)9-12-28-13-10-22/h3-8,11,25H,9-10,12-16H2,1-2H3. The molecule has 0 atom stereocenters. The maximum Gasteiger partial charge on any atom is 0.274 e. The predicted octanol–water partition coefficient (Wildman–Crippen LogP) is 1.83. The Bertz CT molecular complexity index is 888. The van der Waals surface area contributed by atoms with Crippen LogP contribution in [0.15, 0.2) is 47.4 Å². The Morgan fingerprint density at radius 2 is 1.93 bits per heavy atom. The molecule has 2 heterocycles. The van der Waals surface area contributed by atoms with E-state index in [0.29, 0.717) is 32.6 Å². The maximum atomic E-state index is 13.3. The quantitative estimate of drug-likeness (QED) is 0.767. The summed E-state index contributed by atoms with van der Waals surface area (Å²) in [7, 11) is 3.40. The molecule has 0 aliphatic carbocycles. The third-order valence-electron chi connectivity index (χ3n) is 5.48. The second-order valence-electron chi connectivity index (χ2n) is 7.67. The summed E-state index contributed by atoms with van der Waals surface area (Å²) in [5, 5.41) is 9.93. The molecule has 1 aliphatic rings. The van der Waals surface area contributed by atoms with Gasteiger partial charge in [0, 0.05) is 51.5 Å². The van der Waals surface area contributed by atoms with Crippen molar-refractivity contribution in [2.24, 2.45) is 12.5 Å². The maximum absolute atomic E-state index is 13.3. The van der Waals surface area contributed by atoms with Gasteiger partial charge in [0.2, 0.25) is 5.43 Å². The van der Waals surface area contributed by atoms with E-state index in [1.165, 1.54) is 6.07 Å². The average Bonchev–Trinajstić information content (AvgIpc) is 2.75. The lowest BCUT2D eigenvalue weighted by Gasteiger charge is -2.38. The Hall–Kier alpha value is -2.64. The molecule has 0 bridgehead atoms. The van der Waals surface area contributed by atoms with Crippen molar-refractivity contribution >= 4 is 5.91 Å². The third kappa shape index (κ3) is 4.86. The summed E-state index contributed by atoms with van der Waals surface area (Å²) in [6, 6.07) is 10.9. The van der Waals surface area contributed by atoms with E-state index in [9.17, 15) is 14.7 Å². The fourth-order valence-corrected chi connectivity index (χ4v) is 3.65.